The van der Waals surface area contributed by atoms with Gasteiger partial charge in [0.25, 0.3) is 5.78 Å². The number of aryl methyl sites for hydroxylation is 1. The number of methoxy groups -OCH3 is 1. The van der Waals surface area contributed by atoms with Crippen LogP contribution in [0.15, 0.2) is 60.7 Å². The lowest BCUT2D eigenvalue weighted by atomic mass is 9.94. The highest BCUT2D eigenvalue weighted by atomic mass is 32.1. The molecule has 2 aliphatic heterocycles. The van der Waals surface area contributed by atoms with E-state index >= 15 is 0 Å². The highest BCUT2D eigenvalue weighted by molar-refractivity contribution is 7.17. The fourth-order valence-corrected chi connectivity index (χ4v) is 5.72. The van der Waals surface area contributed by atoms with Crippen LogP contribution in [0.2, 0.25) is 0 Å². The maximum atomic E-state index is 13.5. The summed E-state index contributed by atoms with van der Waals surface area (Å²) in [5.41, 5.74) is 2.12. The molecule has 1 N–H and O–H groups in total. The van der Waals surface area contributed by atoms with E-state index < -0.39 is 23.7 Å². The van der Waals surface area contributed by atoms with Gasteiger partial charge in [-0.05, 0) is 55.3 Å². The van der Waals surface area contributed by atoms with E-state index in [4.69, 9.17) is 14.2 Å². The van der Waals surface area contributed by atoms with Gasteiger partial charge in [0.1, 0.15) is 34.8 Å². The minimum atomic E-state index is -0.998. The molecule has 200 valence electrons. The Kier molecular flexibility index (Phi) is 6.96. The third-order valence-corrected chi connectivity index (χ3v) is 7.69. The van der Waals surface area contributed by atoms with Crippen molar-refractivity contribution in [1.29, 1.82) is 0 Å². The smallest absolute Gasteiger partial charge is 0.350 e. The molecule has 39 heavy (non-hydrogen) atoms. The summed E-state index contributed by atoms with van der Waals surface area (Å²) in [7, 11) is 1.53. The molecule has 0 spiro atoms. The van der Waals surface area contributed by atoms with Crippen LogP contribution in [0.4, 0.5) is 5.13 Å². The Morgan fingerprint density at radius 2 is 2.00 bits per heavy atom. The Morgan fingerprint density at radius 1 is 1.26 bits per heavy atom. The Balaban J connectivity index is 1.64. The molecule has 2 atom stereocenters. The quantitative estimate of drug-likeness (QED) is 0.148. The Bertz CT molecular complexity index is 1520. The molecular formula is C29H26N2O7S. The molecule has 1 fully saturated rings. The summed E-state index contributed by atoms with van der Waals surface area (Å²) in [6.45, 7) is 7.13. The maximum Gasteiger partial charge on any atom is 0.350 e. The number of aromatic nitrogens is 1. The van der Waals surface area contributed by atoms with Gasteiger partial charge in [-0.1, -0.05) is 36.1 Å². The molecule has 0 saturated carbocycles. The Hall–Kier alpha value is -4.44. The van der Waals surface area contributed by atoms with Crippen molar-refractivity contribution in [3.8, 4) is 11.5 Å². The first-order chi connectivity index (χ1) is 18.7. The van der Waals surface area contributed by atoms with Gasteiger partial charge in [-0.25, -0.2) is 9.78 Å². The number of benzene rings is 2. The number of thiazole rings is 1. The first kappa shape index (κ1) is 26.2. The minimum Gasteiger partial charge on any atom is -0.507 e. The van der Waals surface area contributed by atoms with Gasteiger partial charge >= 0.3 is 11.9 Å². The summed E-state index contributed by atoms with van der Waals surface area (Å²) in [5.74, 6) is -1.33. The van der Waals surface area contributed by atoms with Crippen molar-refractivity contribution in [2.75, 3.05) is 18.6 Å². The van der Waals surface area contributed by atoms with Crippen LogP contribution in [0.3, 0.4) is 0 Å². The topological polar surface area (TPSA) is 115 Å². The first-order valence-corrected chi connectivity index (χ1v) is 13.1. The van der Waals surface area contributed by atoms with Gasteiger partial charge in [-0.2, -0.15) is 0 Å². The molecule has 9 nitrogen and oxygen atoms in total. The monoisotopic (exact) mass is 546 g/mol. The van der Waals surface area contributed by atoms with Crippen LogP contribution in [0.1, 0.15) is 45.0 Å². The van der Waals surface area contributed by atoms with E-state index in [0.717, 1.165) is 22.6 Å². The van der Waals surface area contributed by atoms with Crippen molar-refractivity contribution in [3.05, 3.63) is 88.0 Å². The number of rotatable bonds is 7. The number of esters is 1. The van der Waals surface area contributed by atoms with Crippen LogP contribution in [0.5, 0.6) is 11.5 Å². The molecule has 1 amide bonds. The molecule has 3 aromatic rings. The molecule has 1 saturated heterocycles. The number of aliphatic hydroxyl groups excluding tert-OH is 1. The predicted octanol–water partition coefficient (Wildman–Crippen LogP) is 4.75. The van der Waals surface area contributed by atoms with Crippen molar-refractivity contribution >= 4 is 39.9 Å². The number of aliphatic hydroxyl groups is 1. The lowest BCUT2D eigenvalue weighted by Gasteiger charge is -2.23. The number of hydrogen-bond acceptors (Lipinski definition) is 9. The molecule has 2 aromatic carbocycles. The van der Waals surface area contributed by atoms with Gasteiger partial charge in [-0.15, -0.1) is 0 Å². The highest BCUT2D eigenvalue weighted by Gasteiger charge is 2.48. The molecule has 0 radical (unpaired) electrons. The average molecular weight is 547 g/mol. The highest BCUT2D eigenvalue weighted by Crippen LogP contribution is 2.44. The molecular weight excluding hydrogens is 520 g/mol. The summed E-state index contributed by atoms with van der Waals surface area (Å²) >= 11 is 0.941. The fourth-order valence-electron chi connectivity index (χ4n) is 4.73. The normalized spacial score (nSPS) is 19.5. The number of ether oxygens (including phenoxy) is 3. The second kappa shape index (κ2) is 10.4. The van der Waals surface area contributed by atoms with E-state index in [1.54, 1.807) is 49.4 Å². The summed E-state index contributed by atoms with van der Waals surface area (Å²) in [5, 5.41) is 11.6. The molecule has 0 aliphatic carbocycles. The molecule has 2 unspecified atom stereocenters. The van der Waals surface area contributed by atoms with Crippen molar-refractivity contribution in [1.82, 2.24) is 4.98 Å². The number of carbonyl (C=O) groups is 3. The predicted molar refractivity (Wildman–Crippen MR) is 145 cm³/mol. The van der Waals surface area contributed by atoms with Crippen LogP contribution >= 0.6 is 11.3 Å². The van der Waals surface area contributed by atoms with Crippen molar-refractivity contribution in [2.24, 2.45) is 0 Å². The molecule has 5 rings (SSSR count). The van der Waals surface area contributed by atoms with E-state index in [9.17, 15) is 19.5 Å². The zero-order chi connectivity index (χ0) is 27.8. The third-order valence-electron chi connectivity index (χ3n) is 6.55. The van der Waals surface area contributed by atoms with Crippen molar-refractivity contribution < 1.29 is 33.7 Å². The average Bonchev–Trinajstić information content (AvgIpc) is 3.58. The van der Waals surface area contributed by atoms with Gasteiger partial charge in [0.05, 0.1) is 24.4 Å². The van der Waals surface area contributed by atoms with Gasteiger partial charge < -0.3 is 19.3 Å². The lowest BCUT2D eigenvalue weighted by molar-refractivity contribution is -0.132. The molecule has 3 heterocycles. The van der Waals surface area contributed by atoms with Gasteiger partial charge in [0.15, 0.2) is 5.13 Å². The summed E-state index contributed by atoms with van der Waals surface area (Å²) in [6.07, 6.45) is 2.11. The fraction of sp³-hybridized carbons (Fsp3) is 0.241. The number of fused-ring (bicyclic) bond motifs is 1. The number of amides is 1. The third kappa shape index (κ3) is 4.67. The largest absolute Gasteiger partial charge is 0.507 e. The molecule has 1 aromatic heterocycles. The summed E-state index contributed by atoms with van der Waals surface area (Å²) < 4.78 is 16.2. The Labute approximate surface area is 229 Å². The number of hydrogen-bond donors (Lipinski definition) is 1. The number of carbonyl (C=O) groups excluding carboxylic acids is 3. The van der Waals surface area contributed by atoms with Crippen LogP contribution in [0.25, 0.3) is 5.76 Å². The van der Waals surface area contributed by atoms with Crippen molar-refractivity contribution in [3.63, 3.8) is 0 Å². The second-order valence-corrected chi connectivity index (χ2v) is 10.2. The Morgan fingerprint density at radius 3 is 2.69 bits per heavy atom. The van der Waals surface area contributed by atoms with E-state index in [2.05, 4.69) is 11.6 Å². The molecule has 0 bridgehead atoms. The summed E-state index contributed by atoms with van der Waals surface area (Å²) in [4.78, 5) is 45.4. The summed E-state index contributed by atoms with van der Waals surface area (Å²) in [6, 6.07) is 11.0. The van der Waals surface area contributed by atoms with Gasteiger partial charge in [0.2, 0.25) is 0 Å². The molecule has 10 heteroatoms. The van der Waals surface area contributed by atoms with Gasteiger partial charge in [0, 0.05) is 12.0 Å². The number of anilines is 1. The van der Waals surface area contributed by atoms with Gasteiger partial charge in [-0.3, -0.25) is 14.5 Å². The zero-order valence-electron chi connectivity index (χ0n) is 21.6. The second-order valence-electron chi connectivity index (χ2n) is 9.20. The van der Waals surface area contributed by atoms with E-state index in [-0.39, 0.29) is 34.1 Å². The van der Waals surface area contributed by atoms with E-state index in [0.29, 0.717) is 29.0 Å². The lowest BCUT2D eigenvalue weighted by Crippen LogP contribution is -2.29. The maximum absolute atomic E-state index is 13.5. The SMILES string of the molecule is C=CCOC(=O)c1sc(N2C(=O)C(=O)/C(=C(/O)c3ccc4c(c3)CC(C)O4)C2c2ccc(OC)cc2)nc1C. The van der Waals surface area contributed by atoms with Crippen LogP contribution < -0.4 is 14.4 Å². The number of Topliss-reactive ketones (excluding diaryl/α,β-unsaturated/α-hetero) is 1. The first-order valence-electron chi connectivity index (χ1n) is 12.2. The van der Waals surface area contributed by atoms with E-state index in [1.807, 2.05) is 6.92 Å². The van der Waals surface area contributed by atoms with Crippen LogP contribution in [0, 0.1) is 6.92 Å². The minimum absolute atomic E-state index is 0.00258. The van der Waals surface area contributed by atoms with Crippen LogP contribution in [-0.2, 0) is 20.7 Å². The molecule has 2 aliphatic rings. The van der Waals surface area contributed by atoms with Crippen molar-refractivity contribution in [2.45, 2.75) is 32.4 Å². The van der Waals surface area contributed by atoms with E-state index in [1.165, 1.54) is 18.1 Å². The number of ketones is 1. The standard InChI is InChI=1S/C29H26N2O7S/c1-5-12-37-28(35)26-16(3)30-29(39-26)31-23(17-6-9-20(36-4)10-7-17)22(25(33)27(31)34)24(32)18-8-11-21-19(14-18)13-15(2)38-21/h5-11,14-15,23,32H,1,12-13H2,2-4H3/b24-22+. The number of nitrogens with zero attached hydrogens (tertiary/aromatic N) is 2. The zero-order valence-corrected chi connectivity index (χ0v) is 22.4. The van der Waals surface area contributed by atoms with Crippen LogP contribution in [-0.4, -0.2) is 47.6 Å².